The minimum Gasteiger partial charge on any atom is -0.459 e. The number of thiocarbonyl (C=S) groups is 1. The number of esters is 1. The Morgan fingerprint density at radius 1 is 1.47 bits per heavy atom. The van der Waals surface area contributed by atoms with Gasteiger partial charge in [-0.1, -0.05) is 27.2 Å². The van der Waals surface area contributed by atoms with Gasteiger partial charge in [-0.15, -0.1) is 0 Å². The maximum atomic E-state index is 11.7. The molecule has 0 aliphatic heterocycles. The summed E-state index contributed by atoms with van der Waals surface area (Å²) in [6.07, 6.45) is 6.06. The van der Waals surface area contributed by atoms with Crippen molar-refractivity contribution in [3.63, 3.8) is 0 Å². The Labute approximate surface area is 120 Å². The number of nitrogens with one attached hydrogen (secondary N) is 1. The molecule has 1 fully saturated rings. The van der Waals surface area contributed by atoms with E-state index in [2.05, 4.69) is 38.3 Å². The molecule has 3 atom stereocenters. The third-order valence-electron chi connectivity index (χ3n) is 3.67. The summed E-state index contributed by atoms with van der Waals surface area (Å²) in [6.45, 7) is 6.58. The molecule has 0 heterocycles. The Balaban J connectivity index is 2.53. The predicted octanol–water partition coefficient (Wildman–Crippen LogP) is 2.34. The van der Waals surface area contributed by atoms with Crippen LogP contribution >= 0.6 is 12.2 Å². The summed E-state index contributed by atoms with van der Waals surface area (Å²) in [5.74, 6) is 1.26. The number of nitrogens with two attached hydrogens (primary N) is 1. The van der Waals surface area contributed by atoms with Crippen LogP contribution in [0.5, 0.6) is 0 Å². The van der Waals surface area contributed by atoms with Gasteiger partial charge in [0, 0.05) is 12.3 Å². The second-order valence-corrected chi connectivity index (χ2v) is 6.08. The van der Waals surface area contributed by atoms with E-state index >= 15 is 0 Å². The zero-order valence-corrected chi connectivity index (χ0v) is 12.7. The van der Waals surface area contributed by atoms with Crippen LogP contribution in [0.3, 0.4) is 0 Å². The van der Waals surface area contributed by atoms with Gasteiger partial charge in [0.1, 0.15) is 6.10 Å². The molecule has 5 heteroatoms. The van der Waals surface area contributed by atoms with Crippen LogP contribution in [-0.4, -0.2) is 17.2 Å². The predicted molar refractivity (Wildman–Crippen MR) is 80.3 cm³/mol. The Kier molecular flexibility index (Phi) is 6.28. The number of hydrogen-bond donors (Lipinski definition) is 2. The van der Waals surface area contributed by atoms with Gasteiger partial charge in [0.25, 0.3) is 0 Å². The summed E-state index contributed by atoms with van der Waals surface area (Å²) < 4.78 is 5.57. The fourth-order valence-corrected chi connectivity index (χ4v) is 2.70. The van der Waals surface area contributed by atoms with Crippen molar-refractivity contribution in [2.75, 3.05) is 0 Å². The molecule has 4 nitrogen and oxygen atoms in total. The fourth-order valence-electron chi connectivity index (χ4n) is 2.63. The first-order valence-electron chi connectivity index (χ1n) is 6.83. The summed E-state index contributed by atoms with van der Waals surface area (Å²) in [4.78, 5) is 11.7. The third-order valence-corrected chi connectivity index (χ3v) is 3.79. The van der Waals surface area contributed by atoms with E-state index in [9.17, 15) is 4.79 Å². The summed E-state index contributed by atoms with van der Waals surface area (Å²) in [6, 6.07) is 0. The lowest BCUT2D eigenvalue weighted by Gasteiger charge is -2.36. The normalized spacial score (nSPS) is 27.5. The van der Waals surface area contributed by atoms with Crippen molar-refractivity contribution in [3.05, 3.63) is 12.3 Å². The SMILES string of the molecule is CC1CC[C@H](C(C)C)[C@H](OC(=O)C=CNC(N)=S)C1. The zero-order valence-electron chi connectivity index (χ0n) is 11.9. The molecule has 1 unspecified atom stereocenters. The molecule has 108 valence electrons. The quantitative estimate of drug-likeness (QED) is 0.471. The molecular formula is C14H24N2O2S. The lowest BCUT2D eigenvalue weighted by Crippen LogP contribution is -2.35. The highest BCUT2D eigenvalue weighted by molar-refractivity contribution is 7.80. The number of ether oxygens (including phenoxy) is 1. The molecule has 0 saturated heterocycles. The lowest BCUT2D eigenvalue weighted by atomic mass is 9.75. The molecule has 0 bridgehead atoms. The highest BCUT2D eigenvalue weighted by atomic mass is 32.1. The molecule has 0 spiro atoms. The Bertz CT molecular complexity index is 355. The van der Waals surface area contributed by atoms with Gasteiger partial charge in [-0.05, 0) is 42.8 Å². The van der Waals surface area contributed by atoms with E-state index in [1.54, 1.807) is 0 Å². The number of carbonyl (C=O) groups excluding carboxylic acids is 1. The van der Waals surface area contributed by atoms with Crippen LogP contribution in [0.1, 0.15) is 40.0 Å². The van der Waals surface area contributed by atoms with Crippen molar-refractivity contribution < 1.29 is 9.53 Å². The highest BCUT2D eigenvalue weighted by Crippen LogP contribution is 2.35. The summed E-state index contributed by atoms with van der Waals surface area (Å²) in [5, 5.41) is 2.72. The van der Waals surface area contributed by atoms with E-state index in [0.717, 1.165) is 12.8 Å². The van der Waals surface area contributed by atoms with E-state index in [1.165, 1.54) is 18.7 Å². The highest BCUT2D eigenvalue weighted by Gasteiger charge is 2.32. The monoisotopic (exact) mass is 284 g/mol. The molecule has 1 aliphatic carbocycles. The minimum atomic E-state index is -0.339. The van der Waals surface area contributed by atoms with E-state index in [1.807, 2.05) is 0 Å². The molecule has 0 aromatic rings. The Morgan fingerprint density at radius 2 is 2.16 bits per heavy atom. The van der Waals surface area contributed by atoms with E-state index in [4.69, 9.17) is 10.5 Å². The number of rotatable bonds is 4. The van der Waals surface area contributed by atoms with Crippen molar-refractivity contribution in [1.82, 2.24) is 5.32 Å². The minimum absolute atomic E-state index is 0.0192. The fraction of sp³-hybridized carbons (Fsp3) is 0.714. The first-order chi connectivity index (χ1) is 8.90. The maximum Gasteiger partial charge on any atom is 0.332 e. The van der Waals surface area contributed by atoms with Gasteiger partial charge in [0.05, 0.1) is 0 Å². The number of carbonyl (C=O) groups is 1. The van der Waals surface area contributed by atoms with Gasteiger partial charge in [-0.2, -0.15) is 0 Å². The van der Waals surface area contributed by atoms with Crippen LogP contribution in [-0.2, 0) is 9.53 Å². The smallest absolute Gasteiger partial charge is 0.332 e. The van der Waals surface area contributed by atoms with Crippen molar-refractivity contribution >= 4 is 23.3 Å². The molecule has 0 amide bonds. The van der Waals surface area contributed by atoms with E-state index in [0.29, 0.717) is 17.8 Å². The molecule has 19 heavy (non-hydrogen) atoms. The number of hydrogen-bond acceptors (Lipinski definition) is 3. The lowest BCUT2D eigenvalue weighted by molar-refractivity contribution is -0.149. The van der Waals surface area contributed by atoms with Crippen LogP contribution in [0.15, 0.2) is 12.3 Å². The molecular weight excluding hydrogens is 260 g/mol. The average Bonchev–Trinajstić information content (AvgIpc) is 2.27. The first kappa shape index (κ1) is 16.0. The van der Waals surface area contributed by atoms with Gasteiger partial charge >= 0.3 is 5.97 Å². The van der Waals surface area contributed by atoms with Crippen LogP contribution in [0.25, 0.3) is 0 Å². The largest absolute Gasteiger partial charge is 0.459 e. The Hall–Kier alpha value is -1.10. The second-order valence-electron chi connectivity index (χ2n) is 5.64. The molecule has 0 aromatic carbocycles. The van der Waals surface area contributed by atoms with Gasteiger partial charge in [0.15, 0.2) is 5.11 Å². The average molecular weight is 284 g/mol. The molecule has 1 rings (SSSR count). The van der Waals surface area contributed by atoms with Crippen molar-refractivity contribution in [2.45, 2.75) is 46.1 Å². The van der Waals surface area contributed by atoms with Gasteiger partial charge in [-0.25, -0.2) is 4.79 Å². The molecule has 1 saturated carbocycles. The summed E-state index contributed by atoms with van der Waals surface area (Å²) >= 11 is 4.64. The van der Waals surface area contributed by atoms with Gasteiger partial charge in [0.2, 0.25) is 0 Å². The van der Waals surface area contributed by atoms with Crippen molar-refractivity contribution in [1.29, 1.82) is 0 Å². The zero-order chi connectivity index (χ0) is 14.4. The Morgan fingerprint density at radius 3 is 2.74 bits per heavy atom. The molecule has 0 aromatic heterocycles. The van der Waals surface area contributed by atoms with E-state index in [-0.39, 0.29) is 17.2 Å². The molecule has 3 N–H and O–H groups in total. The van der Waals surface area contributed by atoms with Crippen molar-refractivity contribution in [2.24, 2.45) is 23.5 Å². The van der Waals surface area contributed by atoms with E-state index < -0.39 is 0 Å². The maximum absolute atomic E-state index is 11.7. The molecule has 1 aliphatic rings. The second kappa shape index (κ2) is 7.48. The first-order valence-corrected chi connectivity index (χ1v) is 7.24. The van der Waals surface area contributed by atoms with Crippen LogP contribution in [0, 0.1) is 17.8 Å². The van der Waals surface area contributed by atoms with Gasteiger partial charge in [-0.3, -0.25) is 0 Å². The summed E-state index contributed by atoms with van der Waals surface area (Å²) in [7, 11) is 0. The van der Waals surface area contributed by atoms with Crippen LogP contribution < -0.4 is 11.1 Å². The van der Waals surface area contributed by atoms with Crippen LogP contribution in [0.2, 0.25) is 0 Å². The third kappa shape index (κ3) is 5.59. The van der Waals surface area contributed by atoms with Crippen LogP contribution in [0.4, 0.5) is 0 Å². The standard InChI is InChI=1S/C14H24N2O2S/c1-9(2)11-5-4-10(3)8-12(11)18-13(17)6-7-16-14(15)19/h6-7,9-12H,4-5,8H2,1-3H3,(H3,15,16,19)/t10?,11-,12-/m1/s1. The summed E-state index contributed by atoms with van der Waals surface area (Å²) in [5.41, 5.74) is 5.26. The molecule has 0 radical (unpaired) electrons. The van der Waals surface area contributed by atoms with Crippen molar-refractivity contribution in [3.8, 4) is 0 Å². The van der Waals surface area contributed by atoms with Gasteiger partial charge < -0.3 is 15.8 Å². The topological polar surface area (TPSA) is 64.3 Å².